The molecular formula is C10H19N. The topological polar surface area (TPSA) is 12.0 Å². The predicted molar refractivity (Wildman–Crippen MR) is 47.5 cm³/mol. The molecule has 0 aromatic rings. The van der Waals surface area contributed by atoms with E-state index in [1.165, 1.54) is 25.7 Å². The molecule has 2 aliphatic rings. The summed E-state index contributed by atoms with van der Waals surface area (Å²) in [5.41, 5.74) is 0. The zero-order valence-electron chi connectivity index (χ0n) is 7.64. The van der Waals surface area contributed by atoms with Crippen LogP contribution in [0.25, 0.3) is 0 Å². The molecule has 0 aliphatic heterocycles. The van der Waals surface area contributed by atoms with Gasteiger partial charge in [0.05, 0.1) is 0 Å². The standard InChI is InChI=1S/C10H19N/c1-7-3-4-9-8(7)5-6-10(9)11-2/h7-11H,3-6H2,1-2H3/t7-,8?,9?,10?/m0/s1. The van der Waals surface area contributed by atoms with Crippen LogP contribution >= 0.6 is 0 Å². The van der Waals surface area contributed by atoms with Crippen molar-refractivity contribution in [2.24, 2.45) is 17.8 Å². The van der Waals surface area contributed by atoms with Crippen molar-refractivity contribution >= 4 is 0 Å². The van der Waals surface area contributed by atoms with E-state index in [0.717, 1.165) is 23.8 Å². The van der Waals surface area contributed by atoms with Crippen molar-refractivity contribution in [3.8, 4) is 0 Å². The van der Waals surface area contributed by atoms with Crippen LogP contribution in [0, 0.1) is 17.8 Å². The van der Waals surface area contributed by atoms with Crippen molar-refractivity contribution in [1.29, 1.82) is 0 Å². The van der Waals surface area contributed by atoms with Crippen LogP contribution in [0.3, 0.4) is 0 Å². The third-order valence-electron chi connectivity index (χ3n) is 3.93. The fourth-order valence-electron chi connectivity index (χ4n) is 3.25. The van der Waals surface area contributed by atoms with Crippen LogP contribution in [0.2, 0.25) is 0 Å². The minimum Gasteiger partial charge on any atom is -0.317 e. The van der Waals surface area contributed by atoms with Crippen molar-refractivity contribution in [1.82, 2.24) is 5.32 Å². The summed E-state index contributed by atoms with van der Waals surface area (Å²) < 4.78 is 0. The fourth-order valence-corrected chi connectivity index (χ4v) is 3.25. The van der Waals surface area contributed by atoms with Gasteiger partial charge in [-0.05, 0) is 44.1 Å². The first-order valence-electron chi connectivity index (χ1n) is 5.00. The van der Waals surface area contributed by atoms with Gasteiger partial charge in [0.1, 0.15) is 0 Å². The SMILES string of the molecule is CNC1CCC2C1CC[C@@H]2C. The van der Waals surface area contributed by atoms with Gasteiger partial charge < -0.3 is 5.32 Å². The molecule has 2 saturated carbocycles. The molecule has 0 radical (unpaired) electrons. The molecule has 2 aliphatic carbocycles. The molecule has 0 bridgehead atoms. The largest absolute Gasteiger partial charge is 0.317 e. The Hall–Kier alpha value is -0.0400. The second-order valence-corrected chi connectivity index (χ2v) is 4.35. The molecule has 1 nitrogen and oxygen atoms in total. The van der Waals surface area contributed by atoms with Crippen molar-refractivity contribution in [3.05, 3.63) is 0 Å². The van der Waals surface area contributed by atoms with Crippen LogP contribution in [-0.2, 0) is 0 Å². The van der Waals surface area contributed by atoms with Gasteiger partial charge in [-0.2, -0.15) is 0 Å². The van der Waals surface area contributed by atoms with E-state index < -0.39 is 0 Å². The summed E-state index contributed by atoms with van der Waals surface area (Å²) in [6, 6.07) is 0.852. The zero-order chi connectivity index (χ0) is 7.84. The first-order chi connectivity index (χ1) is 5.33. The van der Waals surface area contributed by atoms with E-state index in [2.05, 4.69) is 19.3 Å². The second kappa shape index (κ2) is 2.78. The highest BCUT2D eigenvalue weighted by Crippen LogP contribution is 2.47. The fraction of sp³-hybridized carbons (Fsp3) is 1.00. The Kier molecular flexibility index (Phi) is 1.92. The summed E-state index contributed by atoms with van der Waals surface area (Å²) in [6.07, 6.45) is 5.87. The molecule has 0 amide bonds. The Morgan fingerprint density at radius 3 is 2.45 bits per heavy atom. The molecule has 0 aromatic carbocycles. The number of hydrogen-bond donors (Lipinski definition) is 1. The maximum atomic E-state index is 3.46. The number of rotatable bonds is 1. The van der Waals surface area contributed by atoms with E-state index >= 15 is 0 Å². The number of hydrogen-bond acceptors (Lipinski definition) is 1. The van der Waals surface area contributed by atoms with E-state index in [-0.39, 0.29) is 0 Å². The molecule has 4 atom stereocenters. The second-order valence-electron chi connectivity index (χ2n) is 4.35. The smallest absolute Gasteiger partial charge is 0.00951 e. The zero-order valence-corrected chi connectivity index (χ0v) is 7.64. The van der Waals surface area contributed by atoms with Crippen LogP contribution in [-0.4, -0.2) is 13.1 Å². The Morgan fingerprint density at radius 1 is 1.00 bits per heavy atom. The minimum atomic E-state index is 0.852. The van der Waals surface area contributed by atoms with Crippen LogP contribution < -0.4 is 5.32 Å². The highest BCUT2D eigenvalue weighted by Gasteiger charge is 2.41. The average Bonchev–Trinajstić information content (AvgIpc) is 2.53. The summed E-state index contributed by atoms with van der Waals surface area (Å²) in [5.74, 6) is 3.10. The molecule has 1 heteroatoms. The molecule has 1 N–H and O–H groups in total. The van der Waals surface area contributed by atoms with Crippen molar-refractivity contribution in [2.75, 3.05) is 7.05 Å². The molecular weight excluding hydrogens is 134 g/mol. The molecule has 0 heterocycles. The van der Waals surface area contributed by atoms with Gasteiger partial charge in [-0.15, -0.1) is 0 Å². The third-order valence-corrected chi connectivity index (χ3v) is 3.93. The predicted octanol–water partition coefficient (Wildman–Crippen LogP) is 2.03. The highest BCUT2D eigenvalue weighted by molar-refractivity contribution is 4.95. The molecule has 0 saturated heterocycles. The number of fused-ring (bicyclic) bond motifs is 1. The molecule has 2 rings (SSSR count). The Bertz CT molecular complexity index is 144. The van der Waals surface area contributed by atoms with Crippen molar-refractivity contribution in [3.63, 3.8) is 0 Å². The molecule has 64 valence electrons. The van der Waals surface area contributed by atoms with E-state index in [1.54, 1.807) is 0 Å². The lowest BCUT2D eigenvalue weighted by atomic mass is 9.93. The van der Waals surface area contributed by atoms with Gasteiger partial charge in [-0.3, -0.25) is 0 Å². The Balaban J connectivity index is 2.04. The van der Waals surface area contributed by atoms with E-state index in [4.69, 9.17) is 0 Å². The van der Waals surface area contributed by atoms with Crippen molar-refractivity contribution in [2.45, 2.75) is 38.6 Å². The first kappa shape index (κ1) is 7.60. The van der Waals surface area contributed by atoms with Gasteiger partial charge in [0.25, 0.3) is 0 Å². The molecule has 0 spiro atoms. The van der Waals surface area contributed by atoms with E-state index in [0.29, 0.717) is 0 Å². The van der Waals surface area contributed by atoms with Crippen LogP contribution in [0.4, 0.5) is 0 Å². The van der Waals surface area contributed by atoms with Gasteiger partial charge in [0.15, 0.2) is 0 Å². The Morgan fingerprint density at radius 2 is 1.73 bits per heavy atom. The van der Waals surface area contributed by atoms with Crippen LogP contribution in [0.5, 0.6) is 0 Å². The van der Waals surface area contributed by atoms with Crippen molar-refractivity contribution < 1.29 is 0 Å². The maximum absolute atomic E-state index is 3.46. The van der Waals surface area contributed by atoms with Gasteiger partial charge >= 0.3 is 0 Å². The monoisotopic (exact) mass is 153 g/mol. The lowest BCUT2D eigenvalue weighted by molar-refractivity contribution is 0.346. The molecule has 3 unspecified atom stereocenters. The van der Waals surface area contributed by atoms with Gasteiger partial charge in [0.2, 0.25) is 0 Å². The molecule has 2 fully saturated rings. The highest BCUT2D eigenvalue weighted by atomic mass is 14.9. The number of nitrogens with one attached hydrogen (secondary N) is 1. The van der Waals surface area contributed by atoms with E-state index in [1.807, 2.05) is 0 Å². The summed E-state index contributed by atoms with van der Waals surface area (Å²) in [7, 11) is 2.12. The Labute approximate surface area is 69.6 Å². The average molecular weight is 153 g/mol. The van der Waals surface area contributed by atoms with Crippen LogP contribution in [0.1, 0.15) is 32.6 Å². The van der Waals surface area contributed by atoms with Crippen LogP contribution in [0.15, 0.2) is 0 Å². The van der Waals surface area contributed by atoms with Gasteiger partial charge in [-0.1, -0.05) is 13.3 Å². The lowest BCUT2D eigenvalue weighted by Crippen LogP contribution is -2.29. The summed E-state index contributed by atoms with van der Waals surface area (Å²) in [6.45, 7) is 2.43. The normalized spacial score (nSPS) is 49.6. The van der Waals surface area contributed by atoms with Gasteiger partial charge in [-0.25, -0.2) is 0 Å². The minimum absolute atomic E-state index is 0.852. The quantitative estimate of drug-likeness (QED) is 0.608. The van der Waals surface area contributed by atoms with Gasteiger partial charge in [0, 0.05) is 6.04 Å². The van der Waals surface area contributed by atoms with E-state index in [9.17, 15) is 0 Å². The maximum Gasteiger partial charge on any atom is 0.00951 e. The lowest BCUT2D eigenvalue weighted by Gasteiger charge is -2.18. The summed E-state index contributed by atoms with van der Waals surface area (Å²) in [4.78, 5) is 0. The first-order valence-corrected chi connectivity index (χ1v) is 5.00. The molecule has 11 heavy (non-hydrogen) atoms. The summed E-state index contributed by atoms with van der Waals surface area (Å²) >= 11 is 0. The summed E-state index contributed by atoms with van der Waals surface area (Å²) in [5, 5.41) is 3.46. The third kappa shape index (κ3) is 1.10. The molecule has 0 aromatic heterocycles.